The van der Waals surface area contributed by atoms with Crippen molar-refractivity contribution in [3.63, 3.8) is 0 Å². The first-order valence-electron chi connectivity index (χ1n) is 10.8. The van der Waals surface area contributed by atoms with Gasteiger partial charge in [-0.3, -0.25) is 4.98 Å². The highest BCUT2D eigenvalue weighted by Gasteiger charge is 2.44. The summed E-state index contributed by atoms with van der Waals surface area (Å²) in [4.78, 5) is 22.6. The Kier molecular flexibility index (Phi) is 6.34. The highest BCUT2D eigenvalue weighted by molar-refractivity contribution is 7.89. The van der Waals surface area contributed by atoms with Gasteiger partial charge in [0.1, 0.15) is 4.90 Å². The summed E-state index contributed by atoms with van der Waals surface area (Å²) >= 11 is 0. The molecular formula is C22H29N5O4S. The van der Waals surface area contributed by atoms with Gasteiger partial charge in [-0.05, 0) is 50.5 Å². The minimum Gasteiger partial charge on any atom is -0.476 e. The molecule has 0 atom stereocenters. The van der Waals surface area contributed by atoms with Crippen molar-refractivity contribution in [2.75, 3.05) is 26.2 Å². The number of hydrogen-bond donors (Lipinski definition) is 1. The number of nitrogens with zero attached hydrogens (tertiary/aromatic N) is 4. The minimum atomic E-state index is -3.84. The summed E-state index contributed by atoms with van der Waals surface area (Å²) in [7, 11) is -3.84. The Hall–Kier alpha value is -2.72. The Bertz CT molecular complexity index is 1050. The highest BCUT2D eigenvalue weighted by atomic mass is 32.2. The third kappa shape index (κ3) is 4.71. The first kappa shape index (κ1) is 22.5. The topological polar surface area (TPSA) is 105 Å². The summed E-state index contributed by atoms with van der Waals surface area (Å²) in [5, 5.41) is 2.93. The number of amides is 2. The van der Waals surface area contributed by atoms with Gasteiger partial charge in [-0.1, -0.05) is 6.07 Å². The van der Waals surface area contributed by atoms with Gasteiger partial charge in [0.25, 0.3) is 0 Å². The quantitative estimate of drug-likeness (QED) is 0.755. The number of hydrogen-bond acceptors (Lipinski definition) is 6. The van der Waals surface area contributed by atoms with Crippen molar-refractivity contribution in [2.24, 2.45) is 5.41 Å². The van der Waals surface area contributed by atoms with E-state index in [4.69, 9.17) is 4.74 Å². The molecule has 10 heteroatoms. The number of nitrogens with one attached hydrogen (secondary N) is 1. The molecule has 0 unspecified atom stereocenters. The molecule has 1 fully saturated rings. The molecule has 1 N–H and O–H groups in total. The lowest BCUT2D eigenvalue weighted by Crippen LogP contribution is -2.54. The maximum atomic E-state index is 13.6. The maximum absolute atomic E-state index is 13.6. The van der Waals surface area contributed by atoms with E-state index in [2.05, 4.69) is 15.3 Å². The van der Waals surface area contributed by atoms with Crippen LogP contribution < -0.4 is 10.1 Å². The summed E-state index contributed by atoms with van der Waals surface area (Å²) in [5.41, 5.74) is 0.394. The predicted molar refractivity (Wildman–Crippen MR) is 118 cm³/mol. The molecule has 0 aromatic carbocycles. The number of pyridine rings is 2. The smallest absolute Gasteiger partial charge is 0.317 e. The average Bonchev–Trinajstić information content (AvgIpc) is 2.78. The molecule has 0 radical (unpaired) electrons. The van der Waals surface area contributed by atoms with Crippen LogP contribution in [-0.4, -0.2) is 65.9 Å². The molecule has 0 bridgehead atoms. The summed E-state index contributed by atoms with van der Waals surface area (Å²) in [6, 6.07) is 6.77. The number of ether oxygens (including phenoxy) is 1. The highest BCUT2D eigenvalue weighted by Crippen LogP contribution is 2.39. The van der Waals surface area contributed by atoms with E-state index < -0.39 is 15.4 Å². The molecule has 1 saturated heterocycles. The summed E-state index contributed by atoms with van der Waals surface area (Å²) < 4.78 is 34.7. The zero-order valence-corrected chi connectivity index (χ0v) is 19.2. The van der Waals surface area contributed by atoms with Crippen LogP contribution in [0, 0.1) is 5.41 Å². The van der Waals surface area contributed by atoms with E-state index in [0.717, 1.165) is 5.56 Å². The van der Waals surface area contributed by atoms with Crippen molar-refractivity contribution in [3.8, 4) is 5.88 Å². The number of likely N-dealkylation sites (tertiary alicyclic amines) is 1. The second kappa shape index (κ2) is 9.03. The fraction of sp³-hybridized carbons (Fsp3) is 0.500. The maximum Gasteiger partial charge on any atom is 0.317 e. The Morgan fingerprint density at radius 1 is 1.22 bits per heavy atom. The third-order valence-corrected chi connectivity index (χ3v) is 7.79. The van der Waals surface area contributed by atoms with Crippen molar-refractivity contribution < 1.29 is 17.9 Å². The van der Waals surface area contributed by atoms with Gasteiger partial charge in [0, 0.05) is 56.2 Å². The van der Waals surface area contributed by atoms with E-state index in [1.165, 1.54) is 16.6 Å². The van der Waals surface area contributed by atoms with Crippen molar-refractivity contribution in [3.05, 3.63) is 48.4 Å². The molecule has 9 nitrogen and oxygen atoms in total. The molecule has 172 valence electrons. The van der Waals surface area contributed by atoms with Gasteiger partial charge in [0.05, 0.1) is 6.61 Å². The molecule has 2 aliphatic heterocycles. The number of aromatic nitrogens is 2. The van der Waals surface area contributed by atoms with Gasteiger partial charge < -0.3 is 15.0 Å². The molecule has 0 saturated carbocycles. The lowest BCUT2D eigenvalue weighted by Gasteiger charge is -2.44. The first-order chi connectivity index (χ1) is 15.3. The van der Waals surface area contributed by atoms with Crippen LogP contribution in [0.5, 0.6) is 5.88 Å². The second-order valence-corrected chi connectivity index (χ2v) is 10.7. The molecule has 2 aromatic rings. The van der Waals surface area contributed by atoms with Gasteiger partial charge in [0.15, 0.2) is 0 Å². The van der Waals surface area contributed by atoms with Gasteiger partial charge in [-0.15, -0.1) is 0 Å². The number of piperidine rings is 1. The summed E-state index contributed by atoms with van der Waals surface area (Å²) in [6.45, 7) is 5.79. The van der Waals surface area contributed by atoms with Crippen LogP contribution >= 0.6 is 0 Å². The molecule has 4 rings (SSSR count). The summed E-state index contributed by atoms with van der Waals surface area (Å²) in [5.74, 6) is 0.128. The monoisotopic (exact) mass is 459 g/mol. The number of fused-ring (bicyclic) bond motifs is 1. The van der Waals surface area contributed by atoms with Gasteiger partial charge in [-0.25, -0.2) is 18.2 Å². The molecule has 0 aliphatic carbocycles. The van der Waals surface area contributed by atoms with E-state index in [0.29, 0.717) is 39.1 Å². The zero-order chi connectivity index (χ0) is 22.8. The molecule has 2 amide bonds. The Labute approximate surface area is 188 Å². The van der Waals surface area contributed by atoms with Crippen molar-refractivity contribution in [2.45, 2.75) is 44.2 Å². The van der Waals surface area contributed by atoms with Crippen LogP contribution in [0.4, 0.5) is 4.79 Å². The number of rotatable bonds is 3. The Morgan fingerprint density at radius 3 is 2.66 bits per heavy atom. The second-order valence-electron chi connectivity index (χ2n) is 8.82. The van der Waals surface area contributed by atoms with Gasteiger partial charge in [-0.2, -0.15) is 4.31 Å². The fourth-order valence-electron chi connectivity index (χ4n) is 4.21. The van der Waals surface area contributed by atoms with E-state index in [1.54, 1.807) is 29.4 Å². The number of carbonyl (C=O) groups is 1. The Balaban J connectivity index is 1.63. The number of sulfonamides is 1. The van der Waals surface area contributed by atoms with Gasteiger partial charge >= 0.3 is 6.03 Å². The van der Waals surface area contributed by atoms with Crippen molar-refractivity contribution >= 4 is 16.1 Å². The molecular weight excluding hydrogens is 430 g/mol. The largest absolute Gasteiger partial charge is 0.476 e. The molecule has 4 heterocycles. The van der Waals surface area contributed by atoms with Crippen LogP contribution in [0.1, 0.15) is 32.3 Å². The van der Waals surface area contributed by atoms with E-state index in [9.17, 15) is 13.2 Å². The van der Waals surface area contributed by atoms with E-state index >= 15 is 0 Å². The predicted octanol–water partition coefficient (Wildman–Crippen LogP) is 2.26. The molecule has 32 heavy (non-hydrogen) atoms. The third-order valence-electron chi connectivity index (χ3n) is 5.99. The lowest BCUT2D eigenvalue weighted by atomic mass is 9.79. The lowest BCUT2D eigenvalue weighted by molar-refractivity contribution is 0.0420. The van der Waals surface area contributed by atoms with Crippen LogP contribution in [0.2, 0.25) is 0 Å². The van der Waals surface area contributed by atoms with E-state index in [1.807, 2.05) is 19.9 Å². The van der Waals surface area contributed by atoms with Crippen LogP contribution in [0.25, 0.3) is 0 Å². The number of urea groups is 1. The van der Waals surface area contributed by atoms with Gasteiger partial charge in [0.2, 0.25) is 15.9 Å². The number of carbonyl (C=O) groups excluding carboxylic acids is 1. The standard InChI is InChI=1S/C22H29N5O4S/c1-17(2)25-21(28)26-11-7-22(8-12-26)15-27(14-18-5-3-9-23-13-18)32(29,30)19-6-4-10-24-20(19)31-16-22/h3-6,9-10,13,17H,7-8,11-12,14-16H2,1-2H3,(H,25,28). The normalized spacial score (nSPS) is 20.2. The van der Waals surface area contributed by atoms with Crippen molar-refractivity contribution in [1.82, 2.24) is 24.5 Å². The molecule has 1 spiro atoms. The average molecular weight is 460 g/mol. The van der Waals surface area contributed by atoms with Crippen LogP contribution in [-0.2, 0) is 16.6 Å². The summed E-state index contributed by atoms with van der Waals surface area (Å²) in [6.07, 6.45) is 6.16. The zero-order valence-electron chi connectivity index (χ0n) is 18.4. The van der Waals surface area contributed by atoms with E-state index in [-0.39, 0.29) is 29.4 Å². The Morgan fingerprint density at radius 2 is 1.97 bits per heavy atom. The van der Waals surface area contributed by atoms with Crippen LogP contribution in [0.15, 0.2) is 47.8 Å². The van der Waals surface area contributed by atoms with Crippen LogP contribution in [0.3, 0.4) is 0 Å². The first-order valence-corrected chi connectivity index (χ1v) is 12.3. The fourth-order valence-corrected chi connectivity index (χ4v) is 5.83. The molecule has 2 aliphatic rings. The SMILES string of the molecule is CC(C)NC(=O)N1CCC2(CC1)COc1ncccc1S(=O)(=O)N(Cc1cccnc1)C2. The van der Waals surface area contributed by atoms with Crippen molar-refractivity contribution in [1.29, 1.82) is 0 Å². The minimum absolute atomic E-state index is 0.0609. The molecule has 2 aromatic heterocycles.